The molecule has 7 heteroatoms. The predicted molar refractivity (Wildman–Crippen MR) is 144 cm³/mol. The number of carboxylic acid groups (broad SMARTS) is 2. The van der Waals surface area contributed by atoms with Gasteiger partial charge >= 0.3 is 11.9 Å². The highest BCUT2D eigenvalue weighted by molar-refractivity contribution is 5.94. The van der Waals surface area contributed by atoms with Crippen molar-refractivity contribution in [1.82, 2.24) is 0 Å². The summed E-state index contributed by atoms with van der Waals surface area (Å²) in [7, 11) is 0. The van der Waals surface area contributed by atoms with Crippen LogP contribution in [-0.2, 0) is 6.61 Å². The first-order valence-corrected chi connectivity index (χ1v) is 13.5. The van der Waals surface area contributed by atoms with E-state index in [-0.39, 0.29) is 29.6 Å². The topological polar surface area (TPSA) is 102 Å². The van der Waals surface area contributed by atoms with Crippen LogP contribution in [0.25, 0.3) is 0 Å². The predicted octanol–water partition coefficient (Wildman–Crippen LogP) is 7.75. The van der Waals surface area contributed by atoms with Crippen molar-refractivity contribution < 1.29 is 34.0 Å². The zero-order valence-electron chi connectivity index (χ0n) is 22.5. The van der Waals surface area contributed by atoms with Crippen LogP contribution in [0.4, 0.5) is 0 Å². The normalized spacial score (nSPS) is 11.6. The van der Waals surface area contributed by atoms with Gasteiger partial charge in [-0.1, -0.05) is 58.8 Å². The fourth-order valence-electron chi connectivity index (χ4n) is 4.01. The lowest BCUT2D eigenvalue weighted by Crippen LogP contribution is -2.12. The first-order chi connectivity index (χ1) is 17.8. The monoisotopic (exact) mass is 514 g/mol. The van der Waals surface area contributed by atoms with Crippen molar-refractivity contribution in [2.24, 2.45) is 0 Å². The largest absolute Gasteiger partial charge is 0.493 e. The molecular weight excluding hydrogens is 472 g/mol. The van der Waals surface area contributed by atoms with E-state index in [1.807, 2.05) is 18.2 Å². The van der Waals surface area contributed by atoms with Gasteiger partial charge in [-0.05, 0) is 62.1 Å². The highest BCUT2D eigenvalue weighted by atomic mass is 16.5. The molecule has 0 aliphatic rings. The molecule has 0 amide bonds. The van der Waals surface area contributed by atoms with Gasteiger partial charge in [0.25, 0.3) is 0 Å². The molecule has 0 fully saturated rings. The van der Waals surface area contributed by atoms with Crippen LogP contribution in [0.1, 0.15) is 111 Å². The fourth-order valence-corrected chi connectivity index (χ4v) is 4.01. The average molecular weight is 515 g/mol. The second-order valence-electron chi connectivity index (χ2n) is 9.50. The van der Waals surface area contributed by atoms with Crippen LogP contribution in [0.3, 0.4) is 0 Å². The molecule has 37 heavy (non-hydrogen) atoms. The first-order valence-electron chi connectivity index (χ1n) is 13.5. The van der Waals surface area contributed by atoms with Gasteiger partial charge in [-0.3, -0.25) is 0 Å². The summed E-state index contributed by atoms with van der Waals surface area (Å²) in [6, 6.07) is 9.41. The van der Waals surface area contributed by atoms with Crippen molar-refractivity contribution in [3.8, 4) is 17.2 Å². The lowest BCUT2D eigenvalue weighted by atomic mass is 10.1. The minimum atomic E-state index is -1.22. The highest BCUT2D eigenvalue weighted by Gasteiger charge is 2.13. The maximum Gasteiger partial charge on any atom is 0.335 e. The zero-order chi connectivity index (χ0) is 27.0. The number of hydrogen-bond donors (Lipinski definition) is 2. The van der Waals surface area contributed by atoms with E-state index in [4.69, 9.17) is 14.2 Å². The van der Waals surface area contributed by atoms with Crippen molar-refractivity contribution in [3.05, 3.63) is 53.1 Å². The van der Waals surface area contributed by atoms with Gasteiger partial charge < -0.3 is 24.4 Å². The number of carbonyl (C=O) groups is 2. The number of benzene rings is 2. The Kier molecular flexibility index (Phi) is 13.4. The van der Waals surface area contributed by atoms with Crippen LogP contribution in [0.15, 0.2) is 36.4 Å². The number of aromatic carboxylic acids is 2. The van der Waals surface area contributed by atoms with E-state index in [0.717, 1.165) is 37.3 Å². The summed E-state index contributed by atoms with van der Waals surface area (Å²) in [5.41, 5.74) is 0.501. The summed E-state index contributed by atoms with van der Waals surface area (Å²) in [4.78, 5) is 22.8. The van der Waals surface area contributed by atoms with E-state index < -0.39 is 11.9 Å². The SMILES string of the molecule is CCCCCCCOc1cc(COc2cc(C(=O)O)cc(C(=O)O)c2)cc(O[C@H](C)CCCCCC)c1. The summed E-state index contributed by atoms with van der Waals surface area (Å²) in [5.74, 6) is -0.881. The second kappa shape index (κ2) is 16.5. The smallest absolute Gasteiger partial charge is 0.335 e. The molecule has 2 N–H and O–H groups in total. The van der Waals surface area contributed by atoms with Gasteiger partial charge in [0.2, 0.25) is 0 Å². The Morgan fingerprint density at radius 3 is 1.89 bits per heavy atom. The Morgan fingerprint density at radius 1 is 0.703 bits per heavy atom. The molecule has 1 atom stereocenters. The third-order valence-electron chi connectivity index (χ3n) is 6.06. The molecule has 204 valence electrons. The molecule has 0 aliphatic heterocycles. The van der Waals surface area contributed by atoms with Crippen LogP contribution >= 0.6 is 0 Å². The maximum absolute atomic E-state index is 11.4. The number of hydrogen-bond acceptors (Lipinski definition) is 5. The first kappa shape index (κ1) is 30.0. The average Bonchev–Trinajstić information content (AvgIpc) is 2.87. The molecule has 0 aromatic heterocycles. The van der Waals surface area contributed by atoms with Crippen molar-refractivity contribution in [2.75, 3.05) is 6.61 Å². The third kappa shape index (κ3) is 11.6. The molecule has 2 aromatic carbocycles. The molecular formula is C30H42O7. The van der Waals surface area contributed by atoms with Crippen LogP contribution in [-0.4, -0.2) is 34.9 Å². The zero-order valence-corrected chi connectivity index (χ0v) is 22.5. The molecule has 0 heterocycles. The Balaban J connectivity index is 2.13. The molecule has 2 rings (SSSR count). The number of rotatable bonds is 19. The summed E-state index contributed by atoms with van der Waals surface area (Å²) >= 11 is 0. The number of ether oxygens (including phenoxy) is 3. The molecule has 0 saturated carbocycles. The quantitative estimate of drug-likeness (QED) is 0.185. The standard InChI is InChI=1S/C30H42O7/c1-4-6-8-10-12-14-35-26-15-23(16-28(20-26)37-22(3)13-11-9-7-5-2)21-36-27-18-24(29(31)32)17-25(19-27)30(33)34/h15-20,22H,4-14,21H2,1-3H3,(H,31,32)(H,33,34)/t22-/m1/s1. The van der Waals surface area contributed by atoms with Gasteiger partial charge in [-0.2, -0.15) is 0 Å². The molecule has 0 radical (unpaired) electrons. The van der Waals surface area contributed by atoms with Crippen LogP contribution in [0.2, 0.25) is 0 Å². The van der Waals surface area contributed by atoms with Crippen LogP contribution in [0, 0.1) is 0 Å². The Bertz CT molecular complexity index is 954. The van der Waals surface area contributed by atoms with Crippen molar-refractivity contribution in [3.63, 3.8) is 0 Å². The van der Waals surface area contributed by atoms with Gasteiger partial charge in [0.15, 0.2) is 0 Å². The summed E-state index contributed by atoms with van der Waals surface area (Å²) in [5, 5.41) is 18.6. The maximum atomic E-state index is 11.4. The fraction of sp³-hybridized carbons (Fsp3) is 0.533. The van der Waals surface area contributed by atoms with Crippen molar-refractivity contribution in [2.45, 2.75) is 97.7 Å². The minimum Gasteiger partial charge on any atom is -0.493 e. The molecule has 0 saturated heterocycles. The Morgan fingerprint density at radius 2 is 1.27 bits per heavy atom. The third-order valence-corrected chi connectivity index (χ3v) is 6.06. The summed E-state index contributed by atoms with van der Waals surface area (Å²) in [6.07, 6.45) is 11.5. The van der Waals surface area contributed by atoms with E-state index in [1.54, 1.807) is 0 Å². The second-order valence-corrected chi connectivity index (χ2v) is 9.50. The van der Waals surface area contributed by atoms with Crippen LogP contribution < -0.4 is 14.2 Å². The molecule has 0 spiro atoms. The van der Waals surface area contributed by atoms with E-state index in [1.165, 1.54) is 50.7 Å². The van der Waals surface area contributed by atoms with E-state index in [0.29, 0.717) is 18.1 Å². The molecule has 2 aromatic rings. The van der Waals surface area contributed by atoms with Gasteiger partial charge in [0.1, 0.15) is 23.9 Å². The highest BCUT2D eigenvalue weighted by Crippen LogP contribution is 2.27. The number of unbranched alkanes of at least 4 members (excludes halogenated alkanes) is 7. The Hall–Kier alpha value is -3.22. The Labute approximate surface area is 220 Å². The lowest BCUT2D eigenvalue weighted by Gasteiger charge is -2.17. The number of carboxylic acids is 2. The van der Waals surface area contributed by atoms with E-state index in [2.05, 4.69) is 20.8 Å². The molecule has 7 nitrogen and oxygen atoms in total. The van der Waals surface area contributed by atoms with Gasteiger partial charge in [-0.15, -0.1) is 0 Å². The van der Waals surface area contributed by atoms with Crippen LogP contribution in [0.5, 0.6) is 17.2 Å². The summed E-state index contributed by atoms with van der Waals surface area (Å²) in [6.45, 7) is 7.17. The van der Waals surface area contributed by atoms with Gasteiger partial charge in [0, 0.05) is 6.07 Å². The van der Waals surface area contributed by atoms with Gasteiger partial charge in [0.05, 0.1) is 23.8 Å². The van der Waals surface area contributed by atoms with Crippen molar-refractivity contribution in [1.29, 1.82) is 0 Å². The lowest BCUT2D eigenvalue weighted by molar-refractivity contribution is 0.0696. The molecule has 0 unspecified atom stereocenters. The van der Waals surface area contributed by atoms with E-state index in [9.17, 15) is 19.8 Å². The molecule has 0 bridgehead atoms. The van der Waals surface area contributed by atoms with Crippen molar-refractivity contribution >= 4 is 11.9 Å². The van der Waals surface area contributed by atoms with Gasteiger partial charge in [-0.25, -0.2) is 9.59 Å². The molecule has 0 aliphatic carbocycles. The van der Waals surface area contributed by atoms with E-state index >= 15 is 0 Å². The minimum absolute atomic E-state index is 0.0558. The summed E-state index contributed by atoms with van der Waals surface area (Å²) < 4.78 is 18.0.